The lowest BCUT2D eigenvalue weighted by atomic mass is 9.32. The van der Waals surface area contributed by atoms with Gasteiger partial charge in [0.05, 0.1) is 0 Å². The summed E-state index contributed by atoms with van der Waals surface area (Å²) in [6.45, 7) is 0.00384. The second-order valence-electron chi connectivity index (χ2n) is 14.9. The van der Waals surface area contributed by atoms with Crippen LogP contribution in [-0.4, -0.2) is 6.71 Å². The molecule has 0 radical (unpaired) electrons. The van der Waals surface area contributed by atoms with Gasteiger partial charge in [-0.2, -0.15) is 0 Å². The lowest BCUT2D eigenvalue weighted by Crippen LogP contribution is -2.61. The Balaban J connectivity index is 1.23. The molecule has 0 fully saturated rings. The van der Waals surface area contributed by atoms with E-state index in [2.05, 4.69) is 210 Å². The van der Waals surface area contributed by atoms with Crippen molar-refractivity contribution in [1.29, 1.82) is 0 Å². The number of benzene rings is 10. The largest absolute Gasteiger partial charge is 0.311 e. The van der Waals surface area contributed by atoms with E-state index in [1.54, 1.807) is 0 Å². The SMILES string of the molecule is c1ccc(N2c3cc(-c4ccc5cc6ccccc6cc5c4)cc4c3B(c3c2ccc2ccccc32)c2c(ccc3ccccc23)N4c2ccccc2)cc1. The normalized spacial score (nSPS) is 13.0. The first kappa shape index (κ1) is 30.4. The van der Waals surface area contributed by atoms with Crippen molar-refractivity contribution in [3.8, 4) is 11.1 Å². The van der Waals surface area contributed by atoms with Crippen LogP contribution < -0.4 is 26.2 Å². The van der Waals surface area contributed by atoms with E-state index in [0.717, 1.165) is 11.4 Å². The monoisotopic (exact) mass is 696 g/mol. The Morgan fingerprint density at radius 2 is 0.709 bits per heavy atom. The summed E-state index contributed by atoms with van der Waals surface area (Å²) in [7, 11) is 0. The Hall–Kier alpha value is -7.10. The molecular formula is C52H33BN2. The molecule has 0 atom stereocenters. The van der Waals surface area contributed by atoms with Gasteiger partial charge in [-0.25, -0.2) is 0 Å². The molecule has 254 valence electrons. The van der Waals surface area contributed by atoms with E-state index in [0.29, 0.717) is 0 Å². The zero-order chi connectivity index (χ0) is 36.0. The van der Waals surface area contributed by atoms with Crippen LogP contribution in [0.25, 0.3) is 54.2 Å². The van der Waals surface area contributed by atoms with E-state index < -0.39 is 0 Å². The first-order valence-corrected chi connectivity index (χ1v) is 19.1. The number of anilines is 6. The summed E-state index contributed by atoms with van der Waals surface area (Å²) in [4.78, 5) is 5.04. The number of rotatable bonds is 3. The van der Waals surface area contributed by atoms with Crippen LogP contribution in [0, 0.1) is 0 Å². The van der Waals surface area contributed by atoms with Crippen molar-refractivity contribution in [2.45, 2.75) is 0 Å². The minimum atomic E-state index is 0.00384. The average molecular weight is 697 g/mol. The van der Waals surface area contributed by atoms with Gasteiger partial charge in [-0.1, -0.05) is 133 Å². The zero-order valence-electron chi connectivity index (χ0n) is 30.0. The van der Waals surface area contributed by atoms with Crippen molar-refractivity contribution in [1.82, 2.24) is 0 Å². The standard InChI is InChI=1S/C52H33BN2/c1-3-17-42(18-4-1)54-46-27-25-34-13-9-11-21-44(34)50(46)53-51-45-22-12-10-14-35(45)26-28-47(51)55(43-19-5-2-6-20-43)49-33-41(32-48(54)52(49)53)39-24-23-38-29-36-15-7-8-16-37(36)30-40(38)31-39/h1-33H. The fraction of sp³-hybridized carbons (Fsp3) is 0. The summed E-state index contributed by atoms with van der Waals surface area (Å²) < 4.78 is 0. The van der Waals surface area contributed by atoms with Crippen molar-refractivity contribution < 1.29 is 0 Å². The third-order valence-electron chi connectivity index (χ3n) is 11.9. The molecule has 2 aliphatic rings. The molecule has 2 nitrogen and oxygen atoms in total. The molecule has 0 spiro atoms. The lowest BCUT2D eigenvalue weighted by molar-refractivity contribution is 1.26. The molecule has 10 aromatic carbocycles. The van der Waals surface area contributed by atoms with Gasteiger partial charge in [0.2, 0.25) is 0 Å². The average Bonchev–Trinajstić information content (AvgIpc) is 3.25. The summed E-state index contributed by atoms with van der Waals surface area (Å²) in [6, 6.07) is 74.2. The number of nitrogens with zero attached hydrogens (tertiary/aromatic N) is 2. The number of hydrogen-bond donors (Lipinski definition) is 0. The van der Waals surface area contributed by atoms with Crippen molar-refractivity contribution in [2.24, 2.45) is 0 Å². The summed E-state index contributed by atoms with van der Waals surface area (Å²) >= 11 is 0. The second-order valence-corrected chi connectivity index (χ2v) is 14.9. The molecule has 3 heteroatoms. The van der Waals surface area contributed by atoms with Crippen LogP contribution in [0.3, 0.4) is 0 Å². The molecule has 0 aliphatic carbocycles. The van der Waals surface area contributed by atoms with Crippen LogP contribution in [0.1, 0.15) is 0 Å². The first-order valence-electron chi connectivity index (χ1n) is 19.1. The van der Waals surface area contributed by atoms with Crippen molar-refractivity contribution in [3.63, 3.8) is 0 Å². The van der Waals surface area contributed by atoms with E-state index in [-0.39, 0.29) is 6.71 Å². The lowest BCUT2D eigenvalue weighted by Gasteiger charge is -2.45. The predicted octanol–water partition coefficient (Wildman–Crippen LogP) is 12.0. The van der Waals surface area contributed by atoms with Gasteiger partial charge in [-0.3, -0.25) is 0 Å². The molecule has 0 amide bonds. The Bertz CT molecular complexity index is 3020. The van der Waals surface area contributed by atoms with E-state index in [9.17, 15) is 0 Å². The summed E-state index contributed by atoms with van der Waals surface area (Å²) in [6.07, 6.45) is 0. The molecular weight excluding hydrogens is 663 g/mol. The maximum Gasteiger partial charge on any atom is 0.253 e. The van der Waals surface area contributed by atoms with Gasteiger partial charge in [0.1, 0.15) is 0 Å². The van der Waals surface area contributed by atoms with Crippen LogP contribution in [0.4, 0.5) is 34.1 Å². The molecule has 55 heavy (non-hydrogen) atoms. The van der Waals surface area contributed by atoms with E-state index >= 15 is 0 Å². The highest BCUT2D eigenvalue weighted by atomic mass is 15.2. The molecule has 0 aromatic heterocycles. The van der Waals surface area contributed by atoms with Crippen LogP contribution in [0.5, 0.6) is 0 Å². The molecule has 0 saturated heterocycles. The summed E-state index contributed by atoms with van der Waals surface area (Å²) in [5, 5.41) is 10.1. The van der Waals surface area contributed by atoms with Crippen LogP contribution in [0.15, 0.2) is 200 Å². The predicted molar refractivity (Wildman–Crippen MR) is 236 cm³/mol. The van der Waals surface area contributed by atoms with Gasteiger partial charge in [0.25, 0.3) is 6.71 Å². The van der Waals surface area contributed by atoms with E-state index in [4.69, 9.17) is 0 Å². The first-order chi connectivity index (χ1) is 27.3. The second kappa shape index (κ2) is 11.7. The molecule has 0 bridgehead atoms. The maximum absolute atomic E-state index is 2.52. The van der Waals surface area contributed by atoms with Crippen LogP contribution >= 0.6 is 0 Å². The number of hydrogen-bond acceptors (Lipinski definition) is 2. The minimum Gasteiger partial charge on any atom is -0.311 e. The quantitative estimate of drug-likeness (QED) is 0.134. The van der Waals surface area contributed by atoms with Gasteiger partial charge in [-0.05, 0) is 137 Å². The Labute approximate surface area is 320 Å². The highest BCUT2D eigenvalue weighted by molar-refractivity contribution is 7.02. The van der Waals surface area contributed by atoms with Crippen molar-refractivity contribution in [2.75, 3.05) is 9.80 Å². The molecule has 0 saturated carbocycles. The van der Waals surface area contributed by atoms with Crippen molar-refractivity contribution in [3.05, 3.63) is 200 Å². The fourth-order valence-electron chi connectivity index (χ4n) is 9.54. The number of fused-ring (bicyclic) bond motifs is 10. The molecule has 2 heterocycles. The van der Waals surface area contributed by atoms with E-state index in [1.165, 1.54) is 93.4 Å². The molecule has 0 N–H and O–H groups in total. The molecule has 0 unspecified atom stereocenters. The van der Waals surface area contributed by atoms with Gasteiger partial charge in [0.15, 0.2) is 0 Å². The smallest absolute Gasteiger partial charge is 0.253 e. The Kier molecular flexibility index (Phi) is 6.46. The fourth-order valence-corrected chi connectivity index (χ4v) is 9.54. The van der Waals surface area contributed by atoms with Crippen LogP contribution in [0.2, 0.25) is 0 Å². The maximum atomic E-state index is 2.52. The van der Waals surface area contributed by atoms with Gasteiger partial charge in [-0.15, -0.1) is 0 Å². The highest BCUT2D eigenvalue weighted by Gasteiger charge is 2.45. The third-order valence-corrected chi connectivity index (χ3v) is 11.9. The van der Waals surface area contributed by atoms with Gasteiger partial charge < -0.3 is 9.80 Å². The molecule has 10 aromatic rings. The molecule has 12 rings (SSSR count). The van der Waals surface area contributed by atoms with Gasteiger partial charge in [0, 0.05) is 34.1 Å². The summed E-state index contributed by atoms with van der Waals surface area (Å²) in [5.74, 6) is 0. The zero-order valence-corrected chi connectivity index (χ0v) is 30.0. The third kappa shape index (κ3) is 4.50. The van der Waals surface area contributed by atoms with Crippen molar-refractivity contribution >= 4 is 100 Å². The topological polar surface area (TPSA) is 6.48 Å². The molecule has 2 aliphatic heterocycles. The Morgan fingerprint density at radius 3 is 1.25 bits per heavy atom. The van der Waals surface area contributed by atoms with E-state index in [1.807, 2.05) is 0 Å². The minimum absolute atomic E-state index is 0.00384. The van der Waals surface area contributed by atoms with Crippen LogP contribution in [-0.2, 0) is 0 Å². The Morgan fingerprint density at radius 1 is 0.273 bits per heavy atom. The number of para-hydroxylation sites is 2. The highest BCUT2D eigenvalue weighted by Crippen LogP contribution is 2.47. The van der Waals surface area contributed by atoms with Gasteiger partial charge >= 0.3 is 0 Å². The summed E-state index contributed by atoms with van der Waals surface area (Å²) in [5.41, 5.74) is 13.6.